The molecule has 3 heteroatoms. The molecule has 2 fully saturated rings. The first-order valence-electron chi connectivity index (χ1n) is 7.24. The molecule has 1 saturated heterocycles. The van der Waals surface area contributed by atoms with E-state index in [-0.39, 0.29) is 0 Å². The van der Waals surface area contributed by atoms with E-state index in [1.54, 1.807) is 0 Å². The lowest BCUT2D eigenvalue weighted by Crippen LogP contribution is -2.51. The Kier molecular flexibility index (Phi) is 4.83. The van der Waals surface area contributed by atoms with Crippen LogP contribution in [0, 0.1) is 5.92 Å². The molecule has 1 N–H and O–H groups in total. The molecular formula is C14H28N2O. The van der Waals surface area contributed by atoms with Gasteiger partial charge in [-0.15, -0.1) is 0 Å². The molecular weight excluding hydrogens is 212 g/mol. The van der Waals surface area contributed by atoms with Gasteiger partial charge in [0.25, 0.3) is 0 Å². The first-order valence-corrected chi connectivity index (χ1v) is 7.24. The Morgan fingerprint density at radius 2 is 2.12 bits per heavy atom. The van der Waals surface area contributed by atoms with Gasteiger partial charge >= 0.3 is 0 Å². The number of likely N-dealkylation sites (tertiary alicyclic amines) is 1. The first-order chi connectivity index (χ1) is 8.24. The van der Waals surface area contributed by atoms with Gasteiger partial charge in [-0.25, -0.2) is 0 Å². The zero-order valence-corrected chi connectivity index (χ0v) is 11.6. The van der Waals surface area contributed by atoms with Crippen molar-refractivity contribution in [1.82, 2.24) is 10.2 Å². The molecule has 1 saturated carbocycles. The number of nitrogens with zero attached hydrogens (tertiary/aromatic N) is 1. The number of hydrogen-bond donors (Lipinski definition) is 1. The maximum Gasteiger partial charge on any atom is 0.0586 e. The van der Waals surface area contributed by atoms with Gasteiger partial charge in [0.2, 0.25) is 0 Å². The van der Waals surface area contributed by atoms with Gasteiger partial charge < -0.3 is 10.1 Å². The van der Waals surface area contributed by atoms with E-state index in [2.05, 4.69) is 24.1 Å². The predicted molar refractivity (Wildman–Crippen MR) is 71.3 cm³/mol. The quantitative estimate of drug-likeness (QED) is 0.812. The van der Waals surface area contributed by atoms with Crippen LogP contribution in [0.25, 0.3) is 0 Å². The summed E-state index contributed by atoms with van der Waals surface area (Å²) in [5, 5.41) is 3.61. The van der Waals surface area contributed by atoms with Crippen LogP contribution in [-0.2, 0) is 4.74 Å². The lowest BCUT2D eigenvalue weighted by Gasteiger charge is -2.40. The summed E-state index contributed by atoms with van der Waals surface area (Å²) >= 11 is 0. The van der Waals surface area contributed by atoms with Crippen LogP contribution in [0.1, 0.15) is 39.5 Å². The van der Waals surface area contributed by atoms with Crippen LogP contribution in [0.15, 0.2) is 0 Å². The van der Waals surface area contributed by atoms with Gasteiger partial charge in [-0.2, -0.15) is 0 Å². The molecule has 0 aromatic carbocycles. The number of piperidine rings is 1. The van der Waals surface area contributed by atoms with Crippen molar-refractivity contribution in [3.63, 3.8) is 0 Å². The van der Waals surface area contributed by atoms with E-state index < -0.39 is 0 Å². The zero-order valence-electron chi connectivity index (χ0n) is 11.6. The number of rotatable bonds is 4. The Morgan fingerprint density at radius 3 is 2.71 bits per heavy atom. The molecule has 0 aromatic rings. The fourth-order valence-corrected chi connectivity index (χ4v) is 3.54. The number of methoxy groups -OCH3 is 1. The molecule has 0 aromatic heterocycles. The molecule has 1 aliphatic carbocycles. The maximum absolute atomic E-state index is 5.48. The number of hydrogen-bond acceptors (Lipinski definition) is 3. The second-order valence-corrected chi connectivity index (χ2v) is 5.75. The summed E-state index contributed by atoms with van der Waals surface area (Å²) in [6, 6.07) is 1.51. The number of ether oxygens (including phenoxy) is 1. The van der Waals surface area contributed by atoms with Gasteiger partial charge in [0.05, 0.1) is 6.10 Å². The van der Waals surface area contributed by atoms with Gasteiger partial charge in [0.15, 0.2) is 0 Å². The fraction of sp³-hybridized carbons (Fsp3) is 1.00. The lowest BCUT2D eigenvalue weighted by atomic mass is 9.92. The van der Waals surface area contributed by atoms with Crippen molar-refractivity contribution in [2.75, 3.05) is 26.7 Å². The summed E-state index contributed by atoms with van der Waals surface area (Å²) in [7, 11) is 1.85. The minimum Gasteiger partial charge on any atom is -0.381 e. The summed E-state index contributed by atoms with van der Waals surface area (Å²) in [6.07, 6.45) is 5.65. The Balaban J connectivity index is 1.81. The molecule has 17 heavy (non-hydrogen) atoms. The van der Waals surface area contributed by atoms with Crippen LogP contribution < -0.4 is 5.32 Å². The summed E-state index contributed by atoms with van der Waals surface area (Å²) in [5.74, 6) is 0.783. The third-order valence-electron chi connectivity index (χ3n) is 4.61. The molecule has 2 aliphatic rings. The lowest BCUT2D eigenvalue weighted by molar-refractivity contribution is 0.0774. The van der Waals surface area contributed by atoms with Crippen LogP contribution in [0.3, 0.4) is 0 Å². The van der Waals surface area contributed by atoms with Gasteiger partial charge in [-0.1, -0.05) is 13.8 Å². The van der Waals surface area contributed by atoms with E-state index in [0.29, 0.717) is 6.10 Å². The predicted octanol–water partition coefficient (Wildman–Crippen LogP) is 1.87. The van der Waals surface area contributed by atoms with E-state index in [9.17, 15) is 0 Å². The SMILES string of the molecule is CCNC1CCN(C2CCC(OC)C2)CC1C. The van der Waals surface area contributed by atoms with Gasteiger partial charge in [-0.3, -0.25) is 4.90 Å². The second kappa shape index (κ2) is 6.17. The molecule has 0 bridgehead atoms. The molecule has 0 spiro atoms. The van der Waals surface area contributed by atoms with Crippen molar-refractivity contribution in [3.05, 3.63) is 0 Å². The third-order valence-corrected chi connectivity index (χ3v) is 4.61. The van der Waals surface area contributed by atoms with Gasteiger partial charge in [-0.05, 0) is 44.7 Å². The molecule has 4 unspecified atom stereocenters. The van der Waals surface area contributed by atoms with Gasteiger partial charge in [0.1, 0.15) is 0 Å². The summed E-state index contributed by atoms with van der Waals surface area (Å²) in [5.41, 5.74) is 0. The first kappa shape index (κ1) is 13.3. The van der Waals surface area contributed by atoms with Crippen molar-refractivity contribution in [1.29, 1.82) is 0 Å². The minimum absolute atomic E-state index is 0.516. The van der Waals surface area contributed by atoms with Crippen molar-refractivity contribution in [3.8, 4) is 0 Å². The molecule has 2 rings (SSSR count). The highest BCUT2D eigenvalue weighted by atomic mass is 16.5. The van der Waals surface area contributed by atoms with E-state index >= 15 is 0 Å². The topological polar surface area (TPSA) is 24.5 Å². The highest BCUT2D eigenvalue weighted by Crippen LogP contribution is 2.29. The highest BCUT2D eigenvalue weighted by Gasteiger charge is 2.33. The Morgan fingerprint density at radius 1 is 1.29 bits per heavy atom. The average molecular weight is 240 g/mol. The monoisotopic (exact) mass is 240 g/mol. The zero-order chi connectivity index (χ0) is 12.3. The standard InChI is InChI=1S/C14H28N2O/c1-4-15-14-7-8-16(10-11(14)2)12-5-6-13(9-12)17-3/h11-15H,4-10H2,1-3H3. The molecule has 1 heterocycles. The second-order valence-electron chi connectivity index (χ2n) is 5.75. The van der Waals surface area contributed by atoms with Crippen LogP contribution >= 0.6 is 0 Å². The Hall–Kier alpha value is -0.120. The smallest absolute Gasteiger partial charge is 0.0586 e. The fourth-order valence-electron chi connectivity index (χ4n) is 3.54. The van der Waals surface area contributed by atoms with Crippen LogP contribution in [-0.4, -0.2) is 49.8 Å². The summed E-state index contributed by atoms with van der Waals surface area (Å²) in [6.45, 7) is 8.23. The van der Waals surface area contributed by atoms with Gasteiger partial charge in [0, 0.05) is 25.7 Å². The van der Waals surface area contributed by atoms with Crippen LogP contribution in [0.5, 0.6) is 0 Å². The van der Waals surface area contributed by atoms with E-state index in [1.807, 2.05) is 7.11 Å². The normalized spacial score (nSPS) is 39.7. The van der Waals surface area contributed by atoms with E-state index in [4.69, 9.17) is 4.74 Å². The Labute approximate surface area is 106 Å². The molecule has 0 amide bonds. The largest absolute Gasteiger partial charge is 0.381 e. The van der Waals surface area contributed by atoms with E-state index in [0.717, 1.165) is 24.5 Å². The average Bonchev–Trinajstić information content (AvgIpc) is 2.80. The van der Waals surface area contributed by atoms with Crippen molar-refractivity contribution in [2.45, 2.75) is 57.7 Å². The Bertz CT molecular complexity index is 234. The number of nitrogens with one attached hydrogen (secondary N) is 1. The molecule has 0 radical (unpaired) electrons. The van der Waals surface area contributed by atoms with Crippen LogP contribution in [0.2, 0.25) is 0 Å². The molecule has 3 nitrogen and oxygen atoms in total. The highest BCUT2D eigenvalue weighted by molar-refractivity contribution is 4.89. The van der Waals surface area contributed by atoms with E-state index in [1.165, 1.54) is 38.8 Å². The summed E-state index contributed by atoms with van der Waals surface area (Å²) in [4.78, 5) is 2.71. The minimum atomic E-state index is 0.516. The van der Waals surface area contributed by atoms with Crippen molar-refractivity contribution < 1.29 is 4.74 Å². The molecule has 100 valence electrons. The summed E-state index contributed by atoms with van der Waals surface area (Å²) < 4.78 is 5.48. The van der Waals surface area contributed by atoms with Crippen LogP contribution in [0.4, 0.5) is 0 Å². The molecule has 1 aliphatic heterocycles. The van der Waals surface area contributed by atoms with Crippen molar-refractivity contribution >= 4 is 0 Å². The maximum atomic E-state index is 5.48. The molecule has 4 atom stereocenters. The van der Waals surface area contributed by atoms with Crippen molar-refractivity contribution in [2.24, 2.45) is 5.92 Å². The third kappa shape index (κ3) is 3.21.